The van der Waals surface area contributed by atoms with Crippen molar-refractivity contribution in [3.05, 3.63) is 0 Å². The number of rotatable bonds is 1. The maximum atomic E-state index is 10.4. The predicted molar refractivity (Wildman–Crippen MR) is 45.2 cm³/mol. The number of hydrogen-bond donors (Lipinski definition) is 1. The van der Waals surface area contributed by atoms with Gasteiger partial charge in [-0.3, -0.25) is 0 Å². The molecule has 0 amide bonds. The van der Waals surface area contributed by atoms with Crippen molar-refractivity contribution in [3.8, 4) is 0 Å². The van der Waals surface area contributed by atoms with Crippen molar-refractivity contribution in [1.82, 2.24) is 0 Å². The maximum Gasteiger partial charge on any atom is 0.506 e. The fraction of sp³-hybridized carbons (Fsp3) is 0.889. The van der Waals surface area contributed by atoms with Crippen molar-refractivity contribution in [2.45, 2.75) is 51.0 Å². The van der Waals surface area contributed by atoms with Crippen molar-refractivity contribution in [3.63, 3.8) is 0 Å². The summed E-state index contributed by atoms with van der Waals surface area (Å²) in [6.07, 6.45) is 5.20. The lowest BCUT2D eigenvalue weighted by molar-refractivity contribution is -0.0164. The van der Waals surface area contributed by atoms with E-state index in [2.05, 4.69) is 0 Å². The molecular formula is C9H16O3. The zero-order chi connectivity index (χ0) is 9.03. The van der Waals surface area contributed by atoms with Crippen LogP contribution < -0.4 is 0 Å². The quantitative estimate of drug-likeness (QED) is 0.488. The van der Waals surface area contributed by atoms with Crippen LogP contribution in [0.25, 0.3) is 0 Å². The first-order valence-corrected chi connectivity index (χ1v) is 4.54. The van der Waals surface area contributed by atoms with Gasteiger partial charge in [0.05, 0.1) is 0 Å². The molecule has 1 N–H and O–H groups in total. The van der Waals surface area contributed by atoms with E-state index in [1.165, 1.54) is 12.8 Å². The Balaban J connectivity index is 2.48. The highest BCUT2D eigenvalue weighted by Gasteiger charge is 2.29. The lowest BCUT2D eigenvalue weighted by Crippen LogP contribution is -2.30. The highest BCUT2D eigenvalue weighted by molar-refractivity contribution is 5.57. The van der Waals surface area contributed by atoms with E-state index in [9.17, 15) is 4.79 Å². The molecule has 0 aromatic carbocycles. The molecule has 3 nitrogen and oxygen atoms in total. The Kier molecular flexibility index (Phi) is 2.95. The van der Waals surface area contributed by atoms with E-state index in [1.807, 2.05) is 6.92 Å². The average molecular weight is 172 g/mol. The molecule has 0 spiro atoms. The van der Waals surface area contributed by atoms with Crippen LogP contribution >= 0.6 is 0 Å². The smallest absolute Gasteiger partial charge is 0.450 e. The number of ether oxygens (including phenoxy) is 1. The molecule has 1 rings (SSSR count). The van der Waals surface area contributed by atoms with Crippen LogP contribution in [0.5, 0.6) is 0 Å². The van der Waals surface area contributed by atoms with Gasteiger partial charge in [-0.2, -0.15) is 0 Å². The first-order valence-electron chi connectivity index (χ1n) is 4.54. The highest BCUT2D eigenvalue weighted by atomic mass is 16.7. The summed E-state index contributed by atoms with van der Waals surface area (Å²) < 4.78 is 4.88. The molecule has 1 aliphatic rings. The zero-order valence-electron chi connectivity index (χ0n) is 7.51. The van der Waals surface area contributed by atoms with E-state index in [-0.39, 0.29) is 0 Å². The fourth-order valence-electron chi connectivity index (χ4n) is 1.79. The molecule has 1 saturated carbocycles. The average Bonchev–Trinajstić information content (AvgIpc) is 2.12. The summed E-state index contributed by atoms with van der Waals surface area (Å²) in [6, 6.07) is 0. The standard InChI is InChI=1S/C9H16O3/c1-9(12-8(10)11)6-4-2-3-5-7-9/h2-7H2,1H3,(H,10,11). The second kappa shape index (κ2) is 3.78. The molecule has 0 aromatic heterocycles. The molecular weight excluding hydrogens is 156 g/mol. The summed E-state index contributed by atoms with van der Waals surface area (Å²) in [5.41, 5.74) is -0.414. The van der Waals surface area contributed by atoms with E-state index < -0.39 is 11.8 Å². The number of carboxylic acid groups (broad SMARTS) is 1. The predicted octanol–water partition coefficient (Wildman–Crippen LogP) is 2.79. The van der Waals surface area contributed by atoms with Crippen LogP contribution in [0, 0.1) is 0 Å². The minimum Gasteiger partial charge on any atom is -0.450 e. The van der Waals surface area contributed by atoms with E-state index in [0.717, 1.165) is 25.7 Å². The SMILES string of the molecule is CC1(OC(=O)O)CCCCCC1. The van der Waals surface area contributed by atoms with Crippen LogP contribution in [-0.2, 0) is 4.74 Å². The van der Waals surface area contributed by atoms with Gasteiger partial charge in [-0.25, -0.2) is 4.79 Å². The Morgan fingerprint density at radius 1 is 1.25 bits per heavy atom. The molecule has 70 valence electrons. The molecule has 12 heavy (non-hydrogen) atoms. The van der Waals surface area contributed by atoms with Gasteiger partial charge < -0.3 is 9.84 Å². The summed E-state index contributed by atoms with van der Waals surface area (Å²) in [4.78, 5) is 10.4. The molecule has 0 heterocycles. The number of hydrogen-bond acceptors (Lipinski definition) is 2. The van der Waals surface area contributed by atoms with Crippen LogP contribution in [0.3, 0.4) is 0 Å². The van der Waals surface area contributed by atoms with E-state index in [0.29, 0.717) is 0 Å². The summed E-state index contributed by atoms with van der Waals surface area (Å²) in [5, 5.41) is 8.50. The van der Waals surface area contributed by atoms with Gasteiger partial charge in [0.15, 0.2) is 0 Å². The summed E-state index contributed by atoms with van der Waals surface area (Å²) in [7, 11) is 0. The van der Waals surface area contributed by atoms with Crippen LogP contribution in [0.15, 0.2) is 0 Å². The molecule has 0 unspecified atom stereocenters. The van der Waals surface area contributed by atoms with Crippen molar-refractivity contribution in [2.24, 2.45) is 0 Å². The van der Waals surface area contributed by atoms with E-state index in [4.69, 9.17) is 9.84 Å². The molecule has 0 atom stereocenters. The van der Waals surface area contributed by atoms with Gasteiger partial charge >= 0.3 is 6.16 Å². The van der Waals surface area contributed by atoms with Crippen LogP contribution in [0.4, 0.5) is 4.79 Å². The first kappa shape index (κ1) is 9.36. The van der Waals surface area contributed by atoms with Gasteiger partial charge in [0.1, 0.15) is 5.60 Å². The van der Waals surface area contributed by atoms with Crippen LogP contribution in [-0.4, -0.2) is 16.9 Å². The molecule has 0 aromatic rings. The third-order valence-electron chi connectivity index (χ3n) is 2.49. The van der Waals surface area contributed by atoms with Crippen LogP contribution in [0.2, 0.25) is 0 Å². The molecule has 1 fully saturated rings. The van der Waals surface area contributed by atoms with Gasteiger partial charge in [0, 0.05) is 0 Å². The number of carbonyl (C=O) groups is 1. The normalized spacial score (nSPS) is 22.8. The topological polar surface area (TPSA) is 46.5 Å². The van der Waals surface area contributed by atoms with Crippen molar-refractivity contribution in [2.75, 3.05) is 0 Å². The first-order chi connectivity index (χ1) is 5.62. The molecule has 0 radical (unpaired) electrons. The Bertz CT molecular complexity index is 157. The molecule has 0 bridgehead atoms. The van der Waals surface area contributed by atoms with Crippen LogP contribution in [0.1, 0.15) is 45.4 Å². The van der Waals surface area contributed by atoms with Gasteiger partial charge in [0.25, 0.3) is 0 Å². The third kappa shape index (κ3) is 2.72. The van der Waals surface area contributed by atoms with Crippen molar-refractivity contribution >= 4 is 6.16 Å². The summed E-state index contributed by atoms with van der Waals surface area (Å²) >= 11 is 0. The minimum atomic E-state index is -1.14. The van der Waals surface area contributed by atoms with Gasteiger partial charge in [-0.05, 0) is 32.6 Å². The fourth-order valence-corrected chi connectivity index (χ4v) is 1.79. The largest absolute Gasteiger partial charge is 0.506 e. The van der Waals surface area contributed by atoms with E-state index in [1.54, 1.807) is 0 Å². The molecule has 3 heteroatoms. The second-order valence-electron chi connectivity index (χ2n) is 3.73. The van der Waals surface area contributed by atoms with Gasteiger partial charge in [-0.15, -0.1) is 0 Å². The monoisotopic (exact) mass is 172 g/mol. The Hall–Kier alpha value is -0.730. The lowest BCUT2D eigenvalue weighted by Gasteiger charge is -2.26. The van der Waals surface area contributed by atoms with Gasteiger partial charge in [-0.1, -0.05) is 12.8 Å². The summed E-state index contributed by atoms with van der Waals surface area (Å²) in [5.74, 6) is 0. The Morgan fingerprint density at radius 2 is 1.75 bits per heavy atom. The third-order valence-corrected chi connectivity index (χ3v) is 2.49. The molecule has 1 aliphatic carbocycles. The van der Waals surface area contributed by atoms with E-state index >= 15 is 0 Å². The Labute approximate surface area is 72.7 Å². The molecule has 0 saturated heterocycles. The second-order valence-corrected chi connectivity index (χ2v) is 3.73. The van der Waals surface area contributed by atoms with Crippen molar-refractivity contribution < 1.29 is 14.6 Å². The lowest BCUT2D eigenvalue weighted by atomic mass is 9.97. The maximum absolute atomic E-state index is 10.4. The summed E-state index contributed by atoms with van der Waals surface area (Å²) in [6.45, 7) is 1.90. The Morgan fingerprint density at radius 3 is 2.17 bits per heavy atom. The zero-order valence-corrected chi connectivity index (χ0v) is 7.51. The highest BCUT2D eigenvalue weighted by Crippen LogP contribution is 2.29. The van der Waals surface area contributed by atoms with Crippen molar-refractivity contribution in [1.29, 1.82) is 0 Å². The minimum absolute atomic E-state index is 0.414. The van der Waals surface area contributed by atoms with Gasteiger partial charge in [0.2, 0.25) is 0 Å². The molecule has 0 aliphatic heterocycles.